The molecule has 4 nitrogen and oxygen atoms in total. The zero-order valence-corrected chi connectivity index (χ0v) is 12.4. The number of carbonyl (C=O) groups is 1. The van der Waals surface area contributed by atoms with Gasteiger partial charge in [-0.2, -0.15) is 0 Å². The molecule has 0 N–H and O–H groups in total. The van der Waals surface area contributed by atoms with Crippen LogP contribution in [0.3, 0.4) is 0 Å². The van der Waals surface area contributed by atoms with Crippen molar-refractivity contribution < 1.29 is 19.0 Å². The molecule has 0 atom stereocenters. The fourth-order valence-electron chi connectivity index (χ4n) is 2.23. The molecule has 110 valence electrons. The average Bonchev–Trinajstić information content (AvgIpc) is 2.54. The van der Waals surface area contributed by atoms with Gasteiger partial charge in [-0.25, -0.2) is 0 Å². The number of carbonyl (C=O) groups excluding carboxylic acids is 1. The summed E-state index contributed by atoms with van der Waals surface area (Å²) in [6, 6.07) is 11.3. The summed E-state index contributed by atoms with van der Waals surface area (Å²) in [6.45, 7) is 0.476. The molecule has 0 aliphatic heterocycles. The minimum absolute atomic E-state index is 0.476. The summed E-state index contributed by atoms with van der Waals surface area (Å²) < 4.78 is 15.8. The van der Waals surface area contributed by atoms with Gasteiger partial charge in [-0.1, -0.05) is 12.1 Å². The fourth-order valence-corrected chi connectivity index (χ4v) is 2.23. The van der Waals surface area contributed by atoms with Gasteiger partial charge in [-0.15, -0.1) is 0 Å². The number of aldehydes is 1. The van der Waals surface area contributed by atoms with E-state index < -0.39 is 0 Å². The first-order chi connectivity index (χ1) is 10.2. The second-order valence-electron chi connectivity index (χ2n) is 4.53. The smallest absolute Gasteiger partial charge is 0.153 e. The molecule has 2 aromatic carbocycles. The summed E-state index contributed by atoms with van der Waals surface area (Å²) in [7, 11) is 4.84. The third-order valence-corrected chi connectivity index (χ3v) is 3.28. The Hall–Kier alpha value is -2.33. The number of benzene rings is 2. The Bertz CT molecular complexity index is 635. The molecule has 2 aromatic rings. The van der Waals surface area contributed by atoms with Crippen molar-refractivity contribution in [2.75, 3.05) is 21.3 Å². The van der Waals surface area contributed by atoms with Crippen LogP contribution in [0, 0.1) is 0 Å². The lowest BCUT2D eigenvalue weighted by molar-refractivity contribution is 0.112. The van der Waals surface area contributed by atoms with Crippen molar-refractivity contribution in [3.63, 3.8) is 0 Å². The first-order valence-electron chi connectivity index (χ1n) is 6.53. The van der Waals surface area contributed by atoms with E-state index in [2.05, 4.69) is 0 Å². The molecule has 0 bridgehead atoms. The van der Waals surface area contributed by atoms with Gasteiger partial charge in [0.2, 0.25) is 0 Å². The molecular formula is C17H18O4. The highest BCUT2D eigenvalue weighted by Crippen LogP contribution is 2.31. The Balaban J connectivity index is 2.52. The van der Waals surface area contributed by atoms with Gasteiger partial charge >= 0.3 is 0 Å². The Labute approximate surface area is 124 Å². The monoisotopic (exact) mass is 286 g/mol. The van der Waals surface area contributed by atoms with Crippen molar-refractivity contribution in [1.82, 2.24) is 0 Å². The maximum atomic E-state index is 11.0. The lowest BCUT2D eigenvalue weighted by atomic mass is 9.98. The van der Waals surface area contributed by atoms with Crippen LogP contribution in [0.2, 0.25) is 0 Å². The molecule has 0 aromatic heterocycles. The zero-order chi connectivity index (χ0) is 15.2. The number of hydrogen-bond donors (Lipinski definition) is 0. The molecular weight excluding hydrogens is 268 g/mol. The van der Waals surface area contributed by atoms with Crippen molar-refractivity contribution in [3.05, 3.63) is 47.5 Å². The van der Waals surface area contributed by atoms with Crippen LogP contribution >= 0.6 is 0 Å². The van der Waals surface area contributed by atoms with Gasteiger partial charge in [0, 0.05) is 7.11 Å². The predicted molar refractivity (Wildman–Crippen MR) is 81.1 cm³/mol. The summed E-state index contributed by atoms with van der Waals surface area (Å²) in [5.41, 5.74) is 3.53. The summed E-state index contributed by atoms with van der Waals surface area (Å²) in [6.07, 6.45) is 0.784. The van der Waals surface area contributed by atoms with Crippen molar-refractivity contribution in [2.24, 2.45) is 0 Å². The summed E-state index contributed by atoms with van der Waals surface area (Å²) in [5.74, 6) is 1.34. The largest absolute Gasteiger partial charge is 0.497 e. The molecule has 0 unspecified atom stereocenters. The second kappa shape index (κ2) is 6.90. The van der Waals surface area contributed by atoms with E-state index in [1.54, 1.807) is 27.4 Å². The van der Waals surface area contributed by atoms with E-state index in [0.717, 1.165) is 28.7 Å². The minimum Gasteiger partial charge on any atom is -0.497 e. The predicted octanol–water partition coefficient (Wildman–Crippen LogP) is 3.33. The molecule has 0 heterocycles. The third-order valence-electron chi connectivity index (χ3n) is 3.28. The zero-order valence-electron chi connectivity index (χ0n) is 12.4. The van der Waals surface area contributed by atoms with Crippen LogP contribution in [0.5, 0.6) is 11.5 Å². The van der Waals surface area contributed by atoms with E-state index in [1.165, 1.54) is 0 Å². The van der Waals surface area contributed by atoms with E-state index in [0.29, 0.717) is 17.9 Å². The molecule has 0 aliphatic rings. The summed E-state index contributed by atoms with van der Waals surface area (Å²) in [4.78, 5) is 11.0. The van der Waals surface area contributed by atoms with Crippen LogP contribution in [-0.2, 0) is 11.3 Å². The van der Waals surface area contributed by atoms with E-state index >= 15 is 0 Å². The lowest BCUT2D eigenvalue weighted by Crippen LogP contribution is -1.96. The maximum Gasteiger partial charge on any atom is 0.153 e. The highest BCUT2D eigenvalue weighted by Gasteiger charge is 2.10. The third kappa shape index (κ3) is 3.23. The number of rotatable bonds is 6. The fraction of sp³-hybridized carbons (Fsp3) is 0.235. The number of ether oxygens (including phenoxy) is 3. The number of hydrogen-bond acceptors (Lipinski definition) is 4. The molecule has 0 radical (unpaired) electrons. The summed E-state index contributed by atoms with van der Waals surface area (Å²) >= 11 is 0. The first kappa shape index (κ1) is 15.1. The van der Waals surface area contributed by atoms with Gasteiger partial charge in [0.25, 0.3) is 0 Å². The molecule has 4 heteroatoms. The molecule has 0 saturated heterocycles. The molecule has 21 heavy (non-hydrogen) atoms. The van der Waals surface area contributed by atoms with Crippen molar-refractivity contribution in [1.29, 1.82) is 0 Å². The van der Waals surface area contributed by atoms with Gasteiger partial charge < -0.3 is 14.2 Å². The molecule has 0 fully saturated rings. The van der Waals surface area contributed by atoms with E-state index in [9.17, 15) is 4.79 Å². The Morgan fingerprint density at radius 1 is 1.00 bits per heavy atom. The summed E-state index contributed by atoms with van der Waals surface area (Å²) in [5, 5.41) is 0. The molecule has 0 spiro atoms. The molecule has 0 aliphatic carbocycles. The maximum absolute atomic E-state index is 11.0. The Morgan fingerprint density at radius 3 is 2.43 bits per heavy atom. The van der Waals surface area contributed by atoms with Crippen LogP contribution in [-0.4, -0.2) is 27.6 Å². The highest BCUT2D eigenvalue weighted by atomic mass is 16.5. The van der Waals surface area contributed by atoms with Crippen molar-refractivity contribution in [2.45, 2.75) is 6.61 Å². The van der Waals surface area contributed by atoms with Crippen LogP contribution in [0.4, 0.5) is 0 Å². The Kier molecular flexibility index (Phi) is 4.95. The van der Waals surface area contributed by atoms with Gasteiger partial charge in [0.15, 0.2) is 6.29 Å². The van der Waals surface area contributed by atoms with Gasteiger partial charge in [-0.05, 0) is 41.0 Å². The number of methoxy groups -OCH3 is 3. The standard InChI is InChI=1S/C17H18O4/c1-19-11-14-8-15(20-2)6-7-16(14)12-4-5-13(10-18)17(9-12)21-3/h4-10H,11H2,1-3H3. The highest BCUT2D eigenvalue weighted by molar-refractivity contribution is 5.82. The van der Waals surface area contributed by atoms with Crippen LogP contribution in [0.1, 0.15) is 15.9 Å². The molecule has 2 rings (SSSR count). The van der Waals surface area contributed by atoms with Crippen molar-refractivity contribution >= 4 is 6.29 Å². The quantitative estimate of drug-likeness (QED) is 0.764. The first-order valence-corrected chi connectivity index (χ1v) is 6.53. The second-order valence-corrected chi connectivity index (χ2v) is 4.53. The van der Waals surface area contributed by atoms with Gasteiger partial charge in [0.1, 0.15) is 11.5 Å². The van der Waals surface area contributed by atoms with E-state index in [-0.39, 0.29) is 0 Å². The lowest BCUT2D eigenvalue weighted by Gasteiger charge is -2.13. The minimum atomic E-state index is 0.476. The van der Waals surface area contributed by atoms with E-state index in [4.69, 9.17) is 14.2 Å². The molecule has 0 amide bonds. The van der Waals surface area contributed by atoms with Gasteiger partial charge in [0.05, 0.1) is 26.4 Å². The normalized spacial score (nSPS) is 10.2. The molecule has 0 saturated carbocycles. The topological polar surface area (TPSA) is 44.8 Å². The van der Waals surface area contributed by atoms with Crippen LogP contribution in [0.25, 0.3) is 11.1 Å². The average molecular weight is 286 g/mol. The SMILES string of the molecule is COCc1cc(OC)ccc1-c1ccc(C=O)c(OC)c1. The van der Waals surface area contributed by atoms with E-state index in [1.807, 2.05) is 30.3 Å². The van der Waals surface area contributed by atoms with Crippen LogP contribution in [0.15, 0.2) is 36.4 Å². The Morgan fingerprint density at radius 2 is 1.81 bits per heavy atom. The van der Waals surface area contributed by atoms with Crippen LogP contribution < -0.4 is 9.47 Å². The van der Waals surface area contributed by atoms with Gasteiger partial charge in [-0.3, -0.25) is 4.79 Å². The van der Waals surface area contributed by atoms with Crippen molar-refractivity contribution in [3.8, 4) is 22.6 Å².